The third kappa shape index (κ3) is 6.48. The summed E-state index contributed by atoms with van der Waals surface area (Å²) in [5.41, 5.74) is 1.97. The van der Waals surface area contributed by atoms with Gasteiger partial charge in [0, 0.05) is 5.92 Å². The first-order valence-corrected chi connectivity index (χ1v) is 7.37. The second kappa shape index (κ2) is 7.30. The van der Waals surface area contributed by atoms with Gasteiger partial charge in [-0.1, -0.05) is 30.7 Å². The van der Waals surface area contributed by atoms with Crippen molar-refractivity contribution in [1.82, 2.24) is 0 Å². The topological polar surface area (TPSA) is 35.5 Å². The fourth-order valence-electron chi connectivity index (χ4n) is 2.00. The molecule has 1 atom stereocenters. The Morgan fingerprint density at radius 2 is 1.76 bits per heavy atom. The van der Waals surface area contributed by atoms with Crippen LogP contribution in [0.5, 0.6) is 5.75 Å². The van der Waals surface area contributed by atoms with Crippen LogP contribution in [0.2, 0.25) is 0 Å². The molecule has 3 heteroatoms. The maximum atomic E-state index is 11.6. The molecular weight excluding hydrogens is 264 g/mol. The van der Waals surface area contributed by atoms with Gasteiger partial charge in [-0.2, -0.15) is 0 Å². The van der Waals surface area contributed by atoms with E-state index in [0.29, 0.717) is 11.7 Å². The van der Waals surface area contributed by atoms with Crippen molar-refractivity contribution in [2.45, 2.75) is 59.5 Å². The second-order valence-corrected chi connectivity index (χ2v) is 6.39. The standard InChI is InChI=1S/C18H26O3/c1-7-14(12-13(2)3)15-8-10-16(11-9-15)20-17(19)21-18(4,5)6/h8-12,14H,7H2,1-6H3. The van der Waals surface area contributed by atoms with E-state index in [0.717, 1.165) is 6.42 Å². The predicted molar refractivity (Wildman–Crippen MR) is 85.8 cm³/mol. The van der Waals surface area contributed by atoms with Crippen molar-refractivity contribution in [3.05, 3.63) is 41.5 Å². The van der Waals surface area contributed by atoms with Crippen LogP contribution in [0.3, 0.4) is 0 Å². The molecule has 0 heterocycles. The Balaban J connectivity index is 2.74. The van der Waals surface area contributed by atoms with Crippen molar-refractivity contribution in [3.8, 4) is 5.75 Å². The lowest BCUT2D eigenvalue weighted by molar-refractivity contribution is 0.0206. The number of hydrogen-bond donors (Lipinski definition) is 0. The number of carbonyl (C=O) groups is 1. The summed E-state index contributed by atoms with van der Waals surface area (Å²) in [5, 5.41) is 0. The van der Waals surface area contributed by atoms with Gasteiger partial charge in [-0.05, 0) is 58.7 Å². The van der Waals surface area contributed by atoms with Gasteiger partial charge in [0.25, 0.3) is 0 Å². The quantitative estimate of drug-likeness (QED) is 0.419. The summed E-state index contributed by atoms with van der Waals surface area (Å²) in [6.07, 6.45) is 2.62. The van der Waals surface area contributed by atoms with Crippen molar-refractivity contribution < 1.29 is 14.3 Å². The molecule has 1 aromatic rings. The first-order chi connectivity index (χ1) is 9.71. The van der Waals surface area contributed by atoms with Gasteiger partial charge in [-0.25, -0.2) is 4.79 Å². The Morgan fingerprint density at radius 3 is 2.19 bits per heavy atom. The lowest BCUT2D eigenvalue weighted by Crippen LogP contribution is -2.25. The zero-order valence-corrected chi connectivity index (χ0v) is 13.9. The van der Waals surface area contributed by atoms with Crippen molar-refractivity contribution >= 4 is 6.16 Å². The molecule has 0 saturated carbocycles. The molecular formula is C18H26O3. The minimum atomic E-state index is -0.674. The minimum Gasteiger partial charge on any atom is -0.428 e. The molecule has 116 valence electrons. The highest BCUT2D eigenvalue weighted by Crippen LogP contribution is 2.25. The van der Waals surface area contributed by atoms with Crippen molar-refractivity contribution in [3.63, 3.8) is 0 Å². The van der Waals surface area contributed by atoms with Gasteiger partial charge in [-0.3, -0.25) is 0 Å². The summed E-state index contributed by atoms with van der Waals surface area (Å²) >= 11 is 0. The first kappa shape index (κ1) is 17.3. The zero-order valence-electron chi connectivity index (χ0n) is 13.9. The van der Waals surface area contributed by atoms with Crippen LogP contribution in [0.25, 0.3) is 0 Å². The number of allylic oxidation sites excluding steroid dienone is 2. The molecule has 0 aliphatic carbocycles. The van der Waals surface area contributed by atoms with Crippen LogP contribution in [-0.4, -0.2) is 11.8 Å². The highest BCUT2D eigenvalue weighted by molar-refractivity contribution is 5.64. The van der Waals surface area contributed by atoms with E-state index in [1.165, 1.54) is 11.1 Å². The van der Waals surface area contributed by atoms with Gasteiger partial charge in [0.05, 0.1) is 0 Å². The average molecular weight is 290 g/mol. The summed E-state index contributed by atoms with van der Waals surface area (Å²) in [6.45, 7) is 11.8. The molecule has 0 saturated heterocycles. The smallest absolute Gasteiger partial charge is 0.428 e. The summed E-state index contributed by atoms with van der Waals surface area (Å²) in [5.74, 6) is 0.894. The van der Waals surface area contributed by atoms with E-state index < -0.39 is 11.8 Å². The maximum absolute atomic E-state index is 11.6. The maximum Gasteiger partial charge on any atom is 0.514 e. The number of hydrogen-bond acceptors (Lipinski definition) is 3. The van der Waals surface area contributed by atoms with Crippen molar-refractivity contribution in [2.75, 3.05) is 0 Å². The van der Waals surface area contributed by atoms with E-state index in [9.17, 15) is 4.79 Å². The van der Waals surface area contributed by atoms with Crippen LogP contribution >= 0.6 is 0 Å². The highest BCUT2D eigenvalue weighted by atomic mass is 16.7. The Morgan fingerprint density at radius 1 is 1.19 bits per heavy atom. The normalized spacial score (nSPS) is 12.5. The molecule has 0 radical (unpaired) electrons. The molecule has 0 bridgehead atoms. The zero-order chi connectivity index (χ0) is 16.0. The van der Waals surface area contributed by atoms with Crippen molar-refractivity contribution in [2.24, 2.45) is 0 Å². The van der Waals surface area contributed by atoms with E-state index in [4.69, 9.17) is 9.47 Å². The van der Waals surface area contributed by atoms with Gasteiger partial charge in [-0.15, -0.1) is 0 Å². The van der Waals surface area contributed by atoms with Gasteiger partial charge in [0.2, 0.25) is 0 Å². The summed E-state index contributed by atoms with van der Waals surface area (Å²) < 4.78 is 10.3. The van der Waals surface area contributed by atoms with Crippen LogP contribution in [-0.2, 0) is 4.74 Å². The van der Waals surface area contributed by atoms with Gasteiger partial charge >= 0.3 is 6.16 Å². The largest absolute Gasteiger partial charge is 0.514 e. The molecule has 0 aliphatic rings. The fraction of sp³-hybridized carbons (Fsp3) is 0.500. The number of rotatable bonds is 4. The Labute approximate surface area is 128 Å². The Bertz CT molecular complexity index is 488. The number of carbonyl (C=O) groups excluding carboxylic acids is 1. The number of ether oxygens (including phenoxy) is 2. The summed E-state index contributed by atoms with van der Waals surface area (Å²) in [7, 11) is 0. The van der Waals surface area contributed by atoms with E-state index in [-0.39, 0.29) is 0 Å². The monoisotopic (exact) mass is 290 g/mol. The van der Waals surface area contributed by atoms with Gasteiger partial charge in [0.1, 0.15) is 11.4 Å². The molecule has 1 rings (SSSR count). The third-order valence-electron chi connectivity index (χ3n) is 2.87. The Kier molecular flexibility index (Phi) is 6.01. The number of benzene rings is 1. The Hall–Kier alpha value is -1.77. The van der Waals surface area contributed by atoms with Crippen LogP contribution in [0.15, 0.2) is 35.9 Å². The molecule has 0 aromatic heterocycles. The van der Waals surface area contributed by atoms with E-state index in [1.807, 2.05) is 32.9 Å². The van der Waals surface area contributed by atoms with Gasteiger partial charge < -0.3 is 9.47 Å². The summed E-state index contributed by atoms with van der Waals surface area (Å²) in [4.78, 5) is 11.6. The molecule has 0 N–H and O–H groups in total. The predicted octanol–water partition coefficient (Wildman–Crippen LogP) is 5.46. The van der Waals surface area contributed by atoms with E-state index >= 15 is 0 Å². The van der Waals surface area contributed by atoms with Gasteiger partial charge in [0.15, 0.2) is 0 Å². The van der Waals surface area contributed by atoms with E-state index in [1.54, 1.807) is 12.1 Å². The molecule has 1 unspecified atom stereocenters. The summed E-state index contributed by atoms with van der Waals surface area (Å²) in [6, 6.07) is 7.60. The lowest BCUT2D eigenvalue weighted by Gasteiger charge is -2.18. The minimum absolute atomic E-state index is 0.394. The average Bonchev–Trinajstić information content (AvgIpc) is 2.34. The molecule has 1 aromatic carbocycles. The van der Waals surface area contributed by atoms with Crippen LogP contribution in [0, 0.1) is 0 Å². The molecule has 0 aliphatic heterocycles. The SMILES string of the molecule is CCC(C=C(C)C)c1ccc(OC(=O)OC(C)(C)C)cc1. The van der Waals surface area contributed by atoms with E-state index in [2.05, 4.69) is 26.8 Å². The molecule has 0 amide bonds. The van der Waals surface area contributed by atoms with Crippen LogP contribution in [0.4, 0.5) is 4.79 Å². The lowest BCUT2D eigenvalue weighted by atomic mass is 9.94. The molecule has 3 nitrogen and oxygen atoms in total. The molecule has 0 fully saturated rings. The highest BCUT2D eigenvalue weighted by Gasteiger charge is 2.18. The molecule has 21 heavy (non-hydrogen) atoms. The first-order valence-electron chi connectivity index (χ1n) is 7.37. The van der Waals surface area contributed by atoms with Crippen LogP contribution in [0.1, 0.15) is 59.4 Å². The molecule has 0 spiro atoms. The van der Waals surface area contributed by atoms with Crippen LogP contribution < -0.4 is 4.74 Å². The fourth-order valence-corrected chi connectivity index (χ4v) is 2.00. The third-order valence-corrected chi connectivity index (χ3v) is 2.87. The van der Waals surface area contributed by atoms with Crippen molar-refractivity contribution in [1.29, 1.82) is 0 Å². The second-order valence-electron chi connectivity index (χ2n) is 6.39.